The van der Waals surface area contributed by atoms with Gasteiger partial charge in [0.25, 0.3) is 0 Å². The van der Waals surface area contributed by atoms with Crippen molar-refractivity contribution in [3.8, 4) is 16.9 Å². The number of hydrogen-bond acceptors (Lipinski definition) is 3. The minimum atomic E-state index is -1.07. The number of carbonyl (C=O) groups is 1. The summed E-state index contributed by atoms with van der Waals surface area (Å²) in [5.41, 5.74) is 5.02. The molecule has 1 unspecified atom stereocenters. The van der Waals surface area contributed by atoms with E-state index in [2.05, 4.69) is 0 Å². The maximum absolute atomic E-state index is 15.1. The number of nitrogens with zero attached hydrogens (tertiary/aromatic N) is 1. The first-order valence-corrected chi connectivity index (χ1v) is 10.8. The number of aliphatic carboxylic acids is 1. The molecule has 3 aromatic rings. The van der Waals surface area contributed by atoms with Crippen molar-refractivity contribution in [1.29, 1.82) is 0 Å². The van der Waals surface area contributed by atoms with Gasteiger partial charge < -0.3 is 14.7 Å². The average Bonchev–Trinajstić information content (AvgIpc) is 2.74. The number of ether oxygens (including phenoxy) is 1. The molecule has 4 nitrogen and oxygen atoms in total. The summed E-state index contributed by atoms with van der Waals surface area (Å²) in [4.78, 5) is 13.3. The van der Waals surface area contributed by atoms with E-state index in [0.717, 1.165) is 27.9 Å². The third-order valence-electron chi connectivity index (χ3n) is 5.93. The maximum atomic E-state index is 15.1. The van der Waals surface area contributed by atoms with Crippen molar-refractivity contribution in [1.82, 2.24) is 0 Å². The topological polar surface area (TPSA) is 49.8 Å². The second-order valence-electron chi connectivity index (χ2n) is 8.65. The lowest BCUT2D eigenvalue weighted by molar-refractivity contribution is -0.147. The first kappa shape index (κ1) is 24.2. The highest BCUT2D eigenvalue weighted by Crippen LogP contribution is 2.39. The van der Waals surface area contributed by atoms with E-state index in [4.69, 9.17) is 4.74 Å². The van der Waals surface area contributed by atoms with Crippen LogP contribution >= 0.6 is 0 Å². The van der Waals surface area contributed by atoms with Crippen LogP contribution in [0.4, 0.5) is 20.2 Å². The van der Waals surface area contributed by atoms with Gasteiger partial charge in [0.15, 0.2) is 6.10 Å². The van der Waals surface area contributed by atoms with Gasteiger partial charge in [-0.3, -0.25) is 0 Å². The number of halogens is 2. The van der Waals surface area contributed by atoms with E-state index in [-0.39, 0.29) is 11.7 Å². The molecule has 0 aliphatic rings. The number of hydrogen-bond donors (Lipinski definition) is 1. The summed E-state index contributed by atoms with van der Waals surface area (Å²) >= 11 is 0. The predicted octanol–water partition coefficient (Wildman–Crippen LogP) is 6.81. The minimum Gasteiger partial charge on any atom is -0.478 e. The largest absolute Gasteiger partial charge is 0.478 e. The summed E-state index contributed by atoms with van der Waals surface area (Å²) in [6, 6.07) is 13.0. The highest BCUT2D eigenvalue weighted by atomic mass is 19.1. The van der Waals surface area contributed by atoms with Gasteiger partial charge in [-0.25, -0.2) is 13.6 Å². The lowest BCUT2D eigenvalue weighted by atomic mass is 9.97. The molecule has 174 valence electrons. The Hall–Kier alpha value is -3.41. The van der Waals surface area contributed by atoms with E-state index in [1.54, 1.807) is 38.8 Å². The Morgan fingerprint density at radius 3 is 2.27 bits per heavy atom. The van der Waals surface area contributed by atoms with Gasteiger partial charge in [0.1, 0.15) is 17.4 Å². The van der Waals surface area contributed by atoms with Gasteiger partial charge in [0.05, 0.1) is 5.69 Å². The minimum absolute atomic E-state index is 0.263. The van der Waals surface area contributed by atoms with Crippen LogP contribution in [0.3, 0.4) is 0 Å². The number of carboxylic acids is 1. The van der Waals surface area contributed by atoms with Gasteiger partial charge in [-0.15, -0.1) is 0 Å². The van der Waals surface area contributed by atoms with Crippen LogP contribution in [-0.2, 0) is 4.79 Å². The van der Waals surface area contributed by atoms with Gasteiger partial charge in [0.2, 0.25) is 0 Å². The van der Waals surface area contributed by atoms with E-state index < -0.39 is 17.9 Å². The smallest absolute Gasteiger partial charge is 0.345 e. The SMILES string of the molecule is Cc1cc(-c2cccc(F)c2)cc(N(C)c2c(F)ccc(OC(C(=O)O)C(C)C)c2C)c1C. The summed E-state index contributed by atoms with van der Waals surface area (Å²) in [7, 11) is 1.75. The van der Waals surface area contributed by atoms with Crippen LogP contribution in [0.15, 0.2) is 48.5 Å². The lowest BCUT2D eigenvalue weighted by Gasteiger charge is -2.28. The van der Waals surface area contributed by atoms with Crippen molar-refractivity contribution in [3.05, 3.63) is 76.9 Å². The van der Waals surface area contributed by atoms with Crippen molar-refractivity contribution in [2.45, 2.75) is 40.7 Å². The molecule has 0 aliphatic carbocycles. The van der Waals surface area contributed by atoms with E-state index in [1.165, 1.54) is 24.3 Å². The molecule has 0 saturated carbocycles. The van der Waals surface area contributed by atoms with Crippen LogP contribution < -0.4 is 9.64 Å². The van der Waals surface area contributed by atoms with Crippen molar-refractivity contribution < 1.29 is 23.4 Å². The molecule has 0 amide bonds. The second kappa shape index (κ2) is 9.61. The third kappa shape index (κ3) is 5.00. The van der Waals surface area contributed by atoms with E-state index in [9.17, 15) is 14.3 Å². The monoisotopic (exact) mass is 453 g/mol. The van der Waals surface area contributed by atoms with Crippen molar-refractivity contribution in [3.63, 3.8) is 0 Å². The molecule has 0 radical (unpaired) electrons. The Kier molecular flexibility index (Phi) is 7.06. The molecular formula is C27H29F2NO3. The van der Waals surface area contributed by atoms with Gasteiger partial charge in [-0.05, 0) is 73.4 Å². The van der Waals surface area contributed by atoms with E-state index >= 15 is 4.39 Å². The molecule has 0 spiro atoms. The molecule has 6 heteroatoms. The fourth-order valence-electron chi connectivity index (χ4n) is 3.94. The molecule has 3 aromatic carbocycles. The first-order chi connectivity index (χ1) is 15.5. The van der Waals surface area contributed by atoms with Crippen LogP contribution in [0.2, 0.25) is 0 Å². The van der Waals surface area contributed by atoms with Crippen LogP contribution in [0, 0.1) is 38.3 Å². The van der Waals surface area contributed by atoms with Crippen molar-refractivity contribution in [2.75, 3.05) is 11.9 Å². The Balaban J connectivity index is 2.10. The Morgan fingerprint density at radius 1 is 0.970 bits per heavy atom. The molecule has 0 heterocycles. The number of anilines is 2. The van der Waals surface area contributed by atoms with E-state index in [0.29, 0.717) is 17.0 Å². The normalized spacial score (nSPS) is 12.0. The standard InChI is InChI=1S/C27H29F2NO3/c1-15(2)26(27(31)32)33-24-11-10-22(29)25(18(24)5)30(6)23-14-20(12-16(3)17(23)4)19-8-7-9-21(28)13-19/h7-15,26H,1-6H3,(H,31,32). The quantitative estimate of drug-likeness (QED) is 0.427. The van der Waals surface area contributed by atoms with Crippen LogP contribution in [0.5, 0.6) is 5.75 Å². The molecule has 33 heavy (non-hydrogen) atoms. The molecule has 3 rings (SSSR count). The van der Waals surface area contributed by atoms with Gasteiger partial charge in [-0.2, -0.15) is 0 Å². The van der Waals surface area contributed by atoms with Crippen molar-refractivity contribution in [2.24, 2.45) is 5.92 Å². The van der Waals surface area contributed by atoms with Gasteiger partial charge in [0, 0.05) is 24.2 Å². The lowest BCUT2D eigenvalue weighted by Crippen LogP contribution is -2.32. The summed E-state index contributed by atoms with van der Waals surface area (Å²) < 4.78 is 34.7. The average molecular weight is 454 g/mol. The number of aryl methyl sites for hydroxylation is 1. The fraction of sp³-hybridized carbons (Fsp3) is 0.296. The molecule has 0 aromatic heterocycles. The summed E-state index contributed by atoms with van der Waals surface area (Å²) in [6.45, 7) is 9.13. The number of benzene rings is 3. The highest BCUT2D eigenvalue weighted by Gasteiger charge is 2.26. The fourth-order valence-corrected chi connectivity index (χ4v) is 3.94. The molecule has 1 N–H and O–H groups in total. The molecule has 0 bridgehead atoms. The van der Waals surface area contributed by atoms with Crippen molar-refractivity contribution >= 4 is 17.3 Å². The Bertz CT molecular complexity index is 1190. The zero-order chi connectivity index (χ0) is 24.4. The molecule has 0 fully saturated rings. The Labute approximate surface area is 193 Å². The van der Waals surface area contributed by atoms with Gasteiger partial charge >= 0.3 is 5.97 Å². The van der Waals surface area contributed by atoms with Crippen LogP contribution in [0.25, 0.3) is 11.1 Å². The maximum Gasteiger partial charge on any atom is 0.345 e. The zero-order valence-corrected chi connectivity index (χ0v) is 19.7. The number of rotatable bonds is 7. The third-order valence-corrected chi connectivity index (χ3v) is 5.93. The molecule has 0 aliphatic heterocycles. The Morgan fingerprint density at radius 2 is 1.67 bits per heavy atom. The van der Waals surface area contributed by atoms with Crippen LogP contribution in [-0.4, -0.2) is 24.2 Å². The van der Waals surface area contributed by atoms with Crippen LogP contribution in [0.1, 0.15) is 30.5 Å². The van der Waals surface area contributed by atoms with E-state index in [1.807, 2.05) is 32.0 Å². The summed E-state index contributed by atoms with van der Waals surface area (Å²) in [5.74, 6) is -1.80. The molecular weight excluding hydrogens is 424 g/mol. The highest BCUT2D eigenvalue weighted by molar-refractivity contribution is 5.78. The van der Waals surface area contributed by atoms with Gasteiger partial charge in [-0.1, -0.05) is 32.0 Å². The molecule has 1 atom stereocenters. The summed E-state index contributed by atoms with van der Waals surface area (Å²) in [6.07, 6.45) is -1.05. The molecule has 0 saturated heterocycles. The summed E-state index contributed by atoms with van der Waals surface area (Å²) in [5, 5.41) is 9.50. The first-order valence-electron chi connectivity index (χ1n) is 10.8. The predicted molar refractivity (Wildman–Crippen MR) is 127 cm³/mol. The zero-order valence-electron chi connectivity index (χ0n) is 19.7. The second-order valence-corrected chi connectivity index (χ2v) is 8.65. The number of carboxylic acid groups (broad SMARTS) is 1.